The number of aromatic nitrogens is 2. The summed E-state index contributed by atoms with van der Waals surface area (Å²) in [6.45, 7) is 1.31. The third-order valence-electron chi connectivity index (χ3n) is 1.83. The Hall–Kier alpha value is -2.17. The van der Waals surface area contributed by atoms with Gasteiger partial charge in [0, 0.05) is 6.92 Å². The molecule has 0 atom stereocenters. The van der Waals surface area contributed by atoms with E-state index in [2.05, 4.69) is 9.97 Å². The van der Waals surface area contributed by atoms with Crippen LogP contribution in [-0.4, -0.2) is 15.9 Å². The first-order valence-corrected chi connectivity index (χ1v) is 4.37. The Morgan fingerprint density at radius 1 is 1.33 bits per heavy atom. The molecule has 15 heavy (non-hydrogen) atoms. The number of nitrogens with two attached hydrogens (primary N) is 1. The lowest BCUT2D eigenvalue weighted by Gasteiger charge is -2.04. The number of hydrogen-bond donors (Lipinski definition) is 1. The fraction of sp³-hybridized carbons (Fsp3) is 0.100. The van der Waals surface area contributed by atoms with Crippen LogP contribution < -0.4 is 10.5 Å². The Labute approximate surface area is 85.9 Å². The Morgan fingerprint density at radius 3 is 2.80 bits per heavy atom. The molecule has 5 nitrogen and oxygen atoms in total. The van der Waals surface area contributed by atoms with Gasteiger partial charge in [0.1, 0.15) is 0 Å². The molecule has 0 aliphatic heterocycles. The summed E-state index contributed by atoms with van der Waals surface area (Å²) >= 11 is 0. The van der Waals surface area contributed by atoms with E-state index in [0.717, 1.165) is 0 Å². The van der Waals surface area contributed by atoms with Gasteiger partial charge in [-0.1, -0.05) is 12.1 Å². The average Bonchev–Trinajstić information content (AvgIpc) is 2.16. The number of carbonyl (C=O) groups excluding carboxylic acids is 1. The van der Waals surface area contributed by atoms with Gasteiger partial charge in [0.2, 0.25) is 11.8 Å². The van der Waals surface area contributed by atoms with Crippen molar-refractivity contribution in [1.82, 2.24) is 9.97 Å². The molecule has 0 bridgehead atoms. The number of fused-ring (bicyclic) bond motifs is 1. The second-order valence-electron chi connectivity index (χ2n) is 3.00. The highest BCUT2D eigenvalue weighted by atomic mass is 16.5. The standard InChI is InChI=1S/C10H9N3O2/c1-6(14)15-9-7-4-2-3-5-8(7)12-10(11)13-9/h2-5H,1H3,(H2,11,12,13). The molecule has 0 radical (unpaired) electrons. The van der Waals surface area contributed by atoms with Gasteiger partial charge < -0.3 is 10.5 Å². The normalized spacial score (nSPS) is 10.2. The van der Waals surface area contributed by atoms with Crippen molar-refractivity contribution in [3.63, 3.8) is 0 Å². The number of para-hydroxylation sites is 1. The summed E-state index contributed by atoms with van der Waals surface area (Å²) in [6, 6.07) is 7.19. The Bertz CT molecular complexity index is 525. The minimum Gasteiger partial charge on any atom is -0.407 e. The van der Waals surface area contributed by atoms with Gasteiger partial charge in [0.15, 0.2) is 0 Å². The van der Waals surface area contributed by atoms with E-state index in [-0.39, 0.29) is 11.8 Å². The maximum atomic E-state index is 10.8. The van der Waals surface area contributed by atoms with Crippen LogP contribution in [0.5, 0.6) is 5.88 Å². The molecule has 2 rings (SSSR count). The summed E-state index contributed by atoms with van der Waals surface area (Å²) in [5.74, 6) is -0.145. The van der Waals surface area contributed by atoms with Crippen molar-refractivity contribution in [3.8, 4) is 5.88 Å². The van der Waals surface area contributed by atoms with Crippen molar-refractivity contribution >= 4 is 22.8 Å². The predicted octanol–water partition coefficient (Wildman–Crippen LogP) is 1.14. The largest absolute Gasteiger partial charge is 0.407 e. The molecule has 0 aliphatic rings. The number of ether oxygens (including phenoxy) is 1. The van der Waals surface area contributed by atoms with E-state index in [1.54, 1.807) is 12.1 Å². The molecule has 5 heteroatoms. The van der Waals surface area contributed by atoms with E-state index in [4.69, 9.17) is 10.5 Å². The maximum absolute atomic E-state index is 10.8. The van der Waals surface area contributed by atoms with Crippen LogP contribution in [0.25, 0.3) is 10.9 Å². The van der Waals surface area contributed by atoms with Crippen molar-refractivity contribution in [2.45, 2.75) is 6.92 Å². The lowest BCUT2D eigenvalue weighted by Crippen LogP contribution is -2.06. The SMILES string of the molecule is CC(=O)Oc1nc(N)nc2ccccc12. The summed E-state index contributed by atoms with van der Waals surface area (Å²) in [6.07, 6.45) is 0. The molecule has 2 N–H and O–H groups in total. The summed E-state index contributed by atoms with van der Waals surface area (Å²) in [7, 11) is 0. The zero-order valence-electron chi connectivity index (χ0n) is 8.10. The number of hydrogen-bond acceptors (Lipinski definition) is 5. The Kier molecular flexibility index (Phi) is 2.21. The van der Waals surface area contributed by atoms with Crippen LogP contribution in [0.3, 0.4) is 0 Å². The number of benzene rings is 1. The van der Waals surface area contributed by atoms with Gasteiger partial charge in [0.05, 0.1) is 10.9 Å². The number of carbonyl (C=O) groups is 1. The summed E-state index contributed by atoms with van der Waals surface area (Å²) in [5, 5.41) is 0.668. The van der Waals surface area contributed by atoms with E-state index < -0.39 is 5.97 Å². The molecule has 1 heterocycles. The van der Waals surface area contributed by atoms with Crippen LogP contribution in [0.2, 0.25) is 0 Å². The highest BCUT2D eigenvalue weighted by Gasteiger charge is 2.08. The quantitative estimate of drug-likeness (QED) is 0.703. The van der Waals surface area contributed by atoms with Gasteiger partial charge in [-0.05, 0) is 12.1 Å². The number of rotatable bonds is 1. The first kappa shape index (κ1) is 9.39. The van der Waals surface area contributed by atoms with Crippen molar-refractivity contribution < 1.29 is 9.53 Å². The van der Waals surface area contributed by atoms with Gasteiger partial charge in [-0.25, -0.2) is 4.98 Å². The first-order valence-electron chi connectivity index (χ1n) is 4.37. The number of nitrogen functional groups attached to an aromatic ring is 1. The maximum Gasteiger partial charge on any atom is 0.309 e. The van der Waals surface area contributed by atoms with Crippen LogP contribution in [0, 0.1) is 0 Å². The van der Waals surface area contributed by atoms with Crippen molar-refractivity contribution in [2.24, 2.45) is 0 Å². The van der Waals surface area contributed by atoms with Crippen LogP contribution >= 0.6 is 0 Å². The molecule has 0 unspecified atom stereocenters. The second kappa shape index (κ2) is 3.53. The lowest BCUT2D eigenvalue weighted by atomic mass is 10.2. The molecule has 0 amide bonds. The van der Waals surface area contributed by atoms with Gasteiger partial charge in [0.25, 0.3) is 0 Å². The molecule has 0 saturated heterocycles. The molecule has 0 spiro atoms. The zero-order valence-corrected chi connectivity index (χ0v) is 8.10. The second-order valence-corrected chi connectivity index (χ2v) is 3.00. The minimum absolute atomic E-state index is 0.0879. The van der Waals surface area contributed by atoms with Crippen molar-refractivity contribution in [2.75, 3.05) is 5.73 Å². The zero-order chi connectivity index (χ0) is 10.8. The molecule has 2 aromatic rings. The van der Waals surface area contributed by atoms with Gasteiger partial charge in [-0.2, -0.15) is 4.98 Å². The van der Waals surface area contributed by atoms with E-state index in [1.165, 1.54) is 6.92 Å². The smallest absolute Gasteiger partial charge is 0.309 e. The monoisotopic (exact) mass is 203 g/mol. The van der Waals surface area contributed by atoms with Crippen LogP contribution in [0.15, 0.2) is 24.3 Å². The minimum atomic E-state index is -0.432. The fourth-order valence-corrected chi connectivity index (χ4v) is 1.28. The van der Waals surface area contributed by atoms with Crippen molar-refractivity contribution in [1.29, 1.82) is 0 Å². The number of anilines is 1. The summed E-state index contributed by atoms with van der Waals surface area (Å²) in [4.78, 5) is 18.7. The summed E-state index contributed by atoms with van der Waals surface area (Å²) in [5.41, 5.74) is 6.14. The molecule has 0 aliphatic carbocycles. The van der Waals surface area contributed by atoms with Crippen molar-refractivity contribution in [3.05, 3.63) is 24.3 Å². The highest BCUT2D eigenvalue weighted by molar-refractivity contribution is 5.86. The van der Waals surface area contributed by atoms with Crippen LogP contribution in [0.4, 0.5) is 5.95 Å². The molecule has 1 aromatic carbocycles. The fourth-order valence-electron chi connectivity index (χ4n) is 1.28. The highest BCUT2D eigenvalue weighted by Crippen LogP contribution is 2.22. The topological polar surface area (TPSA) is 78.1 Å². The van der Waals surface area contributed by atoms with Crippen LogP contribution in [0.1, 0.15) is 6.92 Å². The van der Waals surface area contributed by atoms with E-state index in [1.807, 2.05) is 12.1 Å². The Morgan fingerprint density at radius 2 is 2.07 bits per heavy atom. The molecule has 76 valence electrons. The Balaban J connectivity index is 2.65. The molecule has 1 aromatic heterocycles. The third kappa shape index (κ3) is 1.85. The predicted molar refractivity (Wildman–Crippen MR) is 55.3 cm³/mol. The lowest BCUT2D eigenvalue weighted by molar-refractivity contribution is -0.132. The summed E-state index contributed by atoms with van der Waals surface area (Å²) < 4.78 is 4.94. The molecular weight excluding hydrogens is 194 g/mol. The molecular formula is C10H9N3O2. The van der Waals surface area contributed by atoms with E-state index in [9.17, 15) is 4.79 Å². The van der Waals surface area contributed by atoms with Gasteiger partial charge in [-0.15, -0.1) is 0 Å². The molecule has 0 saturated carbocycles. The first-order chi connectivity index (χ1) is 7.16. The molecule has 0 fully saturated rings. The van der Waals surface area contributed by atoms with Gasteiger partial charge in [-0.3, -0.25) is 4.79 Å². The number of esters is 1. The van der Waals surface area contributed by atoms with Crippen LogP contribution in [-0.2, 0) is 4.79 Å². The third-order valence-corrected chi connectivity index (χ3v) is 1.83. The van der Waals surface area contributed by atoms with Gasteiger partial charge >= 0.3 is 5.97 Å². The average molecular weight is 203 g/mol. The van der Waals surface area contributed by atoms with E-state index >= 15 is 0 Å². The van der Waals surface area contributed by atoms with E-state index in [0.29, 0.717) is 10.9 Å². The number of nitrogens with zero attached hydrogens (tertiary/aromatic N) is 2.